The maximum atomic E-state index is 12.7. The molecule has 0 N–H and O–H groups in total. The number of rotatable bonds is 3. The Morgan fingerprint density at radius 3 is 2.69 bits per heavy atom. The van der Waals surface area contributed by atoms with Crippen LogP contribution in [-0.4, -0.2) is 35.6 Å². The molecule has 3 heterocycles. The number of hydrogen-bond acceptors (Lipinski definition) is 3. The zero-order chi connectivity index (χ0) is 18.1. The molecule has 0 saturated carbocycles. The van der Waals surface area contributed by atoms with Crippen molar-refractivity contribution in [2.75, 3.05) is 20.2 Å². The van der Waals surface area contributed by atoms with Gasteiger partial charge >= 0.3 is 0 Å². The summed E-state index contributed by atoms with van der Waals surface area (Å²) in [4.78, 5) is 26.6. The highest BCUT2D eigenvalue weighted by Crippen LogP contribution is 2.35. The Kier molecular flexibility index (Phi) is 4.37. The Bertz CT molecular complexity index is 898. The third kappa shape index (κ3) is 3.17. The van der Waals surface area contributed by atoms with Gasteiger partial charge in [-0.05, 0) is 42.2 Å². The lowest BCUT2D eigenvalue weighted by molar-refractivity contribution is -0.128. The summed E-state index contributed by atoms with van der Waals surface area (Å²) in [5, 5.41) is 0. The molecule has 0 unspecified atom stereocenters. The van der Waals surface area contributed by atoms with Gasteiger partial charge in [-0.3, -0.25) is 9.59 Å². The first-order valence-electron chi connectivity index (χ1n) is 8.95. The van der Waals surface area contributed by atoms with E-state index in [1.165, 1.54) is 0 Å². The second kappa shape index (κ2) is 6.83. The fourth-order valence-corrected chi connectivity index (χ4v) is 4.06. The van der Waals surface area contributed by atoms with Crippen molar-refractivity contribution in [3.63, 3.8) is 0 Å². The summed E-state index contributed by atoms with van der Waals surface area (Å²) in [5.41, 5.74) is 2.09. The van der Waals surface area contributed by atoms with Crippen LogP contribution in [0.15, 0.2) is 53.3 Å². The molecular formula is C21H22N2O3. The highest BCUT2D eigenvalue weighted by atomic mass is 16.5. The minimum Gasteiger partial charge on any atom is -0.497 e. The van der Waals surface area contributed by atoms with E-state index in [9.17, 15) is 9.59 Å². The predicted molar refractivity (Wildman–Crippen MR) is 100 cm³/mol. The molecule has 2 aromatic rings. The maximum absolute atomic E-state index is 12.7. The molecule has 26 heavy (non-hydrogen) atoms. The lowest BCUT2D eigenvalue weighted by Crippen LogP contribution is -2.48. The van der Waals surface area contributed by atoms with Crippen molar-refractivity contribution in [2.24, 2.45) is 5.92 Å². The van der Waals surface area contributed by atoms with Gasteiger partial charge in [0.25, 0.3) is 5.56 Å². The summed E-state index contributed by atoms with van der Waals surface area (Å²) in [5.74, 6) is 1.42. The number of carbonyl (C=O) groups excluding carboxylic acids is 1. The fourth-order valence-electron chi connectivity index (χ4n) is 4.06. The Hall–Kier alpha value is -2.82. The lowest BCUT2D eigenvalue weighted by Gasteiger charge is -2.42. The number of piperidine rings is 1. The quantitative estimate of drug-likeness (QED) is 0.800. The highest BCUT2D eigenvalue weighted by Gasteiger charge is 2.35. The first kappa shape index (κ1) is 16.6. The maximum Gasteiger partial charge on any atom is 0.250 e. The third-order valence-electron chi connectivity index (χ3n) is 5.33. The van der Waals surface area contributed by atoms with Gasteiger partial charge < -0.3 is 14.2 Å². The first-order valence-corrected chi connectivity index (χ1v) is 8.95. The molecule has 0 radical (unpaired) electrons. The standard InChI is InChI=1S/C21H22N2O3/c1-26-18-8-5-15(6-9-18)7-10-20(24)22-12-16-11-17(14-22)19-3-2-4-21(25)23(19)13-16/h2-10,16-17H,11-14H2,1H3/t16-,17+/m0/s1. The van der Waals surface area contributed by atoms with Gasteiger partial charge in [-0.1, -0.05) is 18.2 Å². The van der Waals surface area contributed by atoms with Crippen LogP contribution in [0, 0.1) is 5.92 Å². The molecule has 5 nitrogen and oxygen atoms in total. The van der Waals surface area contributed by atoms with Crippen molar-refractivity contribution in [2.45, 2.75) is 18.9 Å². The topological polar surface area (TPSA) is 51.5 Å². The second-order valence-corrected chi connectivity index (χ2v) is 7.05. The molecule has 2 atom stereocenters. The number of carbonyl (C=O) groups is 1. The number of hydrogen-bond donors (Lipinski definition) is 0. The summed E-state index contributed by atoms with van der Waals surface area (Å²) >= 11 is 0. The molecule has 1 aromatic carbocycles. The number of amides is 1. The van der Waals surface area contributed by atoms with E-state index in [-0.39, 0.29) is 17.4 Å². The van der Waals surface area contributed by atoms with Gasteiger partial charge in [-0.25, -0.2) is 0 Å². The van der Waals surface area contributed by atoms with Crippen LogP contribution in [0.25, 0.3) is 6.08 Å². The van der Waals surface area contributed by atoms with Gasteiger partial charge in [0, 0.05) is 43.4 Å². The van der Waals surface area contributed by atoms with E-state index in [0.717, 1.165) is 23.4 Å². The van der Waals surface area contributed by atoms with Crippen LogP contribution in [0.1, 0.15) is 23.6 Å². The number of pyridine rings is 1. The average Bonchev–Trinajstić information content (AvgIpc) is 2.67. The summed E-state index contributed by atoms with van der Waals surface area (Å²) < 4.78 is 7.03. The molecule has 1 fully saturated rings. The normalized spacial score (nSPS) is 21.5. The third-order valence-corrected chi connectivity index (χ3v) is 5.33. The van der Waals surface area contributed by atoms with Gasteiger partial charge in [0.2, 0.25) is 5.91 Å². The average molecular weight is 350 g/mol. The second-order valence-electron chi connectivity index (χ2n) is 7.05. The molecule has 1 aromatic heterocycles. The number of methoxy groups -OCH3 is 1. The number of likely N-dealkylation sites (tertiary alicyclic amines) is 1. The molecule has 0 spiro atoms. The van der Waals surface area contributed by atoms with Gasteiger partial charge in [0.15, 0.2) is 0 Å². The monoisotopic (exact) mass is 350 g/mol. The van der Waals surface area contributed by atoms with Gasteiger partial charge in [-0.2, -0.15) is 0 Å². The molecule has 0 aliphatic carbocycles. The fraction of sp³-hybridized carbons (Fsp3) is 0.333. The largest absolute Gasteiger partial charge is 0.497 e. The van der Waals surface area contributed by atoms with E-state index in [4.69, 9.17) is 4.74 Å². The Balaban J connectivity index is 1.48. The van der Waals surface area contributed by atoms with Crippen molar-refractivity contribution in [1.82, 2.24) is 9.47 Å². The van der Waals surface area contributed by atoms with Gasteiger partial charge in [-0.15, -0.1) is 0 Å². The smallest absolute Gasteiger partial charge is 0.250 e. The Labute approximate surface area is 152 Å². The zero-order valence-electron chi connectivity index (χ0n) is 14.8. The van der Waals surface area contributed by atoms with E-state index < -0.39 is 0 Å². The highest BCUT2D eigenvalue weighted by molar-refractivity contribution is 5.92. The van der Waals surface area contributed by atoms with Gasteiger partial charge in [0.1, 0.15) is 5.75 Å². The SMILES string of the molecule is COc1ccc(C=CC(=O)N2C[C@@H]3C[C@H](C2)c2cccc(=O)n2C3)cc1. The molecular weight excluding hydrogens is 328 g/mol. The predicted octanol–water partition coefficient (Wildman–Crippen LogP) is 2.52. The Morgan fingerprint density at radius 1 is 1.12 bits per heavy atom. The number of nitrogens with zero attached hydrogens (tertiary/aromatic N) is 2. The van der Waals surface area contributed by atoms with Crippen LogP contribution in [-0.2, 0) is 11.3 Å². The van der Waals surface area contributed by atoms with Crippen LogP contribution in [0.5, 0.6) is 5.75 Å². The minimum atomic E-state index is 0.0299. The van der Waals surface area contributed by atoms with Crippen molar-refractivity contribution in [3.05, 3.63) is 70.2 Å². The van der Waals surface area contributed by atoms with E-state index >= 15 is 0 Å². The molecule has 5 heteroatoms. The molecule has 1 saturated heterocycles. The van der Waals surface area contributed by atoms with E-state index in [0.29, 0.717) is 25.6 Å². The number of aromatic nitrogens is 1. The van der Waals surface area contributed by atoms with Crippen LogP contribution in [0.3, 0.4) is 0 Å². The summed E-state index contributed by atoms with van der Waals surface area (Å²) in [6, 6.07) is 13.1. The van der Waals surface area contributed by atoms with Crippen LogP contribution < -0.4 is 10.3 Å². The zero-order valence-corrected chi connectivity index (χ0v) is 14.8. The molecule has 2 aliphatic rings. The van der Waals surface area contributed by atoms with E-state index in [1.54, 1.807) is 19.3 Å². The number of ether oxygens (including phenoxy) is 1. The molecule has 134 valence electrons. The van der Waals surface area contributed by atoms with Crippen molar-refractivity contribution >= 4 is 12.0 Å². The van der Waals surface area contributed by atoms with Crippen molar-refractivity contribution in [1.29, 1.82) is 0 Å². The summed E-state index contributed by atoms with van der Waals surface area (Å²) in [6.45, 7) is 2.09. The van der Waals surface area contributed by atoms with E-state index in [2.05, 4.69) is 0 Å². The Morgan fingerprint density at radius 2 is 1.92 bits per heavy atom. The molecule has 2 bridgehead atoms. The summed E-state index contributed by atoms with van der Waals surface area (Å²) in [6.07, 6.45) is 4.53. The van der Waals surface area contributed by atoms with Crippen molar-refractivity contribution < 1.29 is 9.53 Å². The van der Waals surface area contributed by atoms with E-state index in [1.807, 2.05) is 51.9 Å². The van der Waals surface area contributed by atoms with Crippen LogP contribution in [0.2, 0.25) is 0 Å². The first-order chi connectivity index (χ1) is 12.6. The number of benzene rings is 1. The molecule has 2 aliphatic heterocycles. The molecule has 4 rings (SSSR count). The number of fused-ring (bicyclic) bond motifs is 4. The minimum absolute atomic E-state index is 0.0299. The lowest BCUT2D eigenvalue weighted by atomic mass is 9.83. The van der Waals surface area contributed by atoms with Crippen molar-refractivity contribution in [3.8, 4) is 5.75 Å². The van der Waals surface area contributed by atoms with Crippen LogP contribution >= 0.6 is 0 Å². The van der Waals surface area contributed by atoms with Crippen LogP contribution in [0.4, 0.5) is 0 Å². The van der Waals surface area contributed by atoms with Gasteiger partial charge in [0.05, 0.1) is 7.11 Å². The summed E-state index contributed by atoms with van der Waals surface area (Å²) in [7, 11) is 1.63. The molecule has 1 amide bonds.